The highest BCUT2D eigenvalue weighted by Gasteiger charge is 2.40. The van der Waals surface area contributed by atoms with Crippen LogP contribution in [0.4, 0.5) is 29.2 Å². The van der Waals surface area contributed by atoms with Gasteiger partial charge in [0.2, 0.25) is 11.8 Å². The third-order valence-corrected chi connectivity index (χ3v) is 4.62. The molecule has 0 amide bonds. The van der Waals surface area contributed by atoms with Gasteiger partial charge in [-0.05, 0) is 25.0 Å². The zero-order valence-corrected chi connectivity index (χ0v) is 15.2. The molecule has 1 saturated heterocycles. The third-order valence-electron chi connectivity index (χ3n) is 4.62. The van der Waals surface area contributed by atoms with E-state index in [2.05, 4.69) is 20.3 Å². The number of para-hydroxylation sites is 1. The van der Waals surface area contributed by atoms with Crippen LogP contribution < -0.4 is 5.32 Å². The minimum absolute atomic E-state index is 0.0414. The van der Waals surface area contributed by atoms with Gasteiger partial charge in [0.25, 0.3) is 0 Å². The third kappa shape index (κ3) is 4.07. The van der Waals surface area contributed by atoms with Crippen LogP contribution in [0.25, 0.3) is 11.4 Å². The summed E-state index contributed by atoms with van der Waals surface area (Å²) in [4.78, 5) is 11.6. The van der Waals surface area contributed by atoms with E-state index in [-0.39, 0.29) is 17.3 Å². The van der Waals surface area contributed by atoms with Gasteiger partial charge in [0.15, 0.2) is 5.82 Å². The van der Waals surface area contributed by atoms with Gasteiger partial charge in [-0.2, -0.15) is 13.2 Å². The fraction of sp³-hybridized carbons (Fsp3) is 0.316. The topological polar surface area (TPSA) is 64.9 Å². The van der Waals surface area contributed by atoms with Crippen LogP contribution in [0.15, 0.2) is 42.7 Å². The van der Waals surface area contributed by atoms with Crippen molar-refractivity contribution < 1.29 is 22.3 Å². The molecule has 0 atom stereocenters. The van der Waals surface area contributed by atoms with Crippen molar-refractivity contribution in [2.24, 2.45) is 0 Å². The number of aromatic nitrogens is 4. The largest absolute Gasteiger partial charge is 0.449 e. The number of anilines is 2. The Morgan fingerprint density at radius 2 is 1.76 bits per heavy atom. The monoisotopic (exact) mass is 407 g/mol. The summed E-state index contributed by atoms with van der Waals surface area (Å²) in [6.07, 6.45) is -1.99. The van der Waals surface area contributed by atoms with Gasteiger partial charge < -0.3 is 14.6 Å². The number of benzene rings is 1. The Labute approximate surface area is 163 Å². The Morgan fingerprint density at radius 3 is 2.45 bits per heavy atom. The Kier molecular flexibility index (Phi) is 5.18. The average Bonchev–Trinajstić information content (AvgIpc) is 3.16. The van der Waals surface area contributed by atoms with Crippen LogP contribution in [-0.2, 0) is 10.9 Å². The normalized spacial score (nSPS) is 15.4. The molecule has 0 spiro atoms. The molecule has 6 nitrogen and oxygen atoms in total. The molecular weight excluding hydrogens is 390 g/mol. The van der Waals surface area contributed by atoms with E-state index < -0.39 is 23.9 Å². The zero-order valence-electron chi connectivity index (χ0n) is 15.2. The van der Waals surface area contributed by atoms with Gasteiger partial charge in [0, 0.05) is 24.9 Å². The number of imidazole rings is 1. The fourth-order valence-corrected chi connectivity index (χ4v) is 3.32. The summed E-state index contributed by atoms with van der Waals surface area (Å²) in [5.41, 5.74) is 0.382. The Morgan fingerprint density at radius 1 is 1.03 bits per heavy atom. The summed E-state index contributed by atoms with van der Waals surface area (Å²) in [5.74, 6) is -1.83. The molecule has 152 valence electrons. The van der Waals surface area contributed by atoms with E-state index in [1.54, 1.807) is 24.3 Å². The van der Waals surface area contributed by atoms with Crippen molar-refractivity contribution in [3.05, 3.63) is 54.4 Å². The number of hydrogen-bond donors (Lipinski definition) is 1. The van der Waals surface area contributed by atoms with Gasteiger partial charge in [0.1, 0.15) is 5.69 Å². The van der Waals surface area contributed by atoms with Gasteiger partial charge >= 0.3 is 6.18 Å². The lowest BCUT2D eigenvalue weighted by atomic mass is 10.1. The van der Waals surface area contributed by atoms with Crippen LogP contribution in [0.1, 0.15) is 24.7 Å². The predicted octanol–water partition coefficient (Wildman–Crippen LogP) is 4.59. The van der Waals surface area contributed by atoms with Crippen molar-refractivity contribution in [1.29, 1.82) is 0 Å². The highest BCUT2D eigenvalue weighted by Crippen LogP contribution is 2.37. The first kappa shape index (κ1) is 19.3. The lowest BCUT2D eigenvalue weighted by Crippen LogP contribution is -2.25. The number of rotatable bonds is 4. The lowest BCUT2D eigenvalue weighted by Gasteiger charge is -2.27. The SMILES string of the molecule is Fc1cnc(Nc2ccccc2)nc1-c1cnc(C(F)(F)F)n1C1CCOCC1. The maximum atomic E-state index is 14.5. The van der Waals surface area contributed by atoms with Gasteiger partial charge in [-0.1, -0.05) is 18.2 Å². The minimum atomic E-state index is -4.68. The lowest BCUT2D eigenvalue weighted by molar-refractivity contribution is -0.148. The standard InChI is InChI=1S/C19H17F4N5O/c20-14-10-25-18(26-12-4-2-1-3-5-12)27-16(14)15-11-24-17(19(21,22)23)28(15)13-6-8-29-9-7-13/h1-5,10-11,13H,6-9H2,(H,25,26,27). The summed E-state index contributed by atoms with van der Waals surface area (Å²) in [6.45, 7) is 0.652. The summed E-state index contributed by atoms with van der Waals surface area (Å²) < 4.78 is 61.5. The maximum Gasteiger partial charge on any atom is 0.449 e. The Bertz CT molecular complexity index is 984. The number of alkyl halides is 3. The molecule has 1 N–H and O–H groups in total. The van der Waals surface area contributed by atoms with Crippen molar-refractivity contribution in [3.8, 4) is 11.4 Å². The highest BCUT2D eigenvalue weighted by atomic mass is 19.4. The first-order valence-electron chi connectivity index (χ1n) is 9.00. The average molecular weight is 407 g/mol. The van der Waals surface area contributed by atoms with E-state index in [1.165, 1.54) is 0 Å². The molecular formula is C19H17F4N5O. The second-order valence-electron chi connectivity index (χ2n) is 6.56. The number of hydrogen-bond acceptors (Lipinski definition) is 5. The zero-order chi connectivity index (χ0) is 20.4. The van der Waals surface area contributed by atoms with Crippen molar-refractivity contribution in [3.63, 3.8) is 0 Å². The van der Waals surface area contributed by atoms with Crippen molar-refractivity contribution in [2.75, 3.05) is 18.5 Å². The Hall–Kier alpha value is -3.01. The van der Waals surface area contributed by atoms with Crippen LogP contribution >= 0.6 is 0 Å². The van der Waals surface area contributed by atoms with Crippen LogP contribution in [-0.4, -0.2) is 32.7 Å². The fourth-order valence-electron chi connectivity index (χ4n) is 3.32. The van der Waals surface area contributed by atoms with Gasteiger partial charge in [0.05, 0.1) is 18.1 Å². The molecule has 0 radical (unpaired) electrons. The summed E-state index contributed by atoms with van der Waals surface area (Å²) in [6, 6.07) is 8.43. The number of halogens is 4. The first-order valence-corrected chi connectivity index (χ1v) is 9.00. The van der Waals surface area contributed by atoms with E-state index in [0.717, 1.165) is 17.0 Å². The van der Waals surface area contributed by atoms with Crippen molar-refractivity contribution in [1.82, 2.24) is 19.5 Å². The minimum Gasteiger partial charge on any atom is -0.381 e. The molecule has 2 aromatic heterocycles. The molecule has 3 aromatic rings. The molecule has 3 heterocycles. The van der Waals surface area contributed by atoms with E-state index in [4.69, 9.17) is 4.74 Å². The van der Waals surface area contributed by atoms with Crippen LogP contribution in [0.3, 0.4) is 0 Å². The molecule has 0 aliphatic carbocycles. The highest BCUT2D eigenvalue weighted by molar-refractivity contribution is 5.60. The van der Waals surface area contributed by atoms with E-state index >= 15 is 0 Å². The van der Waals surface area contributed by atoms with E-state index in [9.17, 15) is 17.6 Å². The smallest absolute Gasteiger partial charge is 0.381 e. The molecule has 1 fully saturated rings. The number of ether oxygens (including phenoxy) is 1. The second-order valence-corrected chi connectivity index (χ2v) is 6.56. The van der Waals surface area contributed by atoms with Crippen molar-refractivity contribution >= 4 is 11.6 Å². The molecule has 1 aliphatic heterocycles. The molecule has 4 rings (SSSR count). The van der Waals surface area contributed by atoms with E-state index in [1.807, 2.05) is 6.07 Å². The summed E-state index contributed by atoms with van der Waals surface area (Å²) in [7, 11) is 0. The van der Waals surface area contributed by atoms with Gasteiger partial charge in [-0.15, -0.1) is 0 Å². The second kappa shape index (κ2) is 7.78. The van der Waals surface area contributed by atoms with Crippen molar-refractivity contribution in [2.45, 2.75) is 25.1 Å². The molecule has 0 unspecified atom stereocenters. The van der Waals surface area contributed by atoms with Gasteiger partial charge in [-0.25, -0.2) is 19.3 Å². The quantitative estimate of drug-likeness (QED) is 0.641. The van der Waals surface area contributed by atoms with Crippen LogP contribution in [0.5, 0.6) is 0 Å². The predicted molar refractivity (Wildman–Crippen MR) is 97.0 cm³/mol. The summed E-state index contributed by atoms with van der Waals surface area (Å²) in [5, 5.41) is 2.92. The molecule has 10 heteroatoms. The molecule has 29 heavy (non-hydrogen) atoms. The first-order chi connectivity index (χ1) is 13.9. The van der Waals surface area contributed by atoms with E-state index in [0.29, 0.717) is 31.7 Å². The van der Waals surface area contributed by atoms with Gasteiger partial charge in [-0.3, -0.25) is 0 Å². The van der Waals surface area contributed by atoms with Crippen LogP contribution in [0.2, 0.25) is 0 Å². The summed E-state index contributed by atoms with van der Waals surface area (Å²) >= 11 is 0. The molecule has 0 bridgehead atoms. The number of nitrogens with one attached hydrogen (secondary N) is 1. The number of nitrogens with zero attached hydrogens (tertiary/aromatic N) is 4. The maximum absolute atomic E-state index is 14.5. The molecule has 0 saturated carbocycles. The molecule has 1 aliphatic rings. The Balaban J connectivity index is 1.78. The van der Waals surface area contributed by atoms with Crippen LogP contribution in [0, 0.1) is 5.82 Å². The molecule has 1 aromatic carbocycles.